The van der Waals surface area contributed by atoms with E-state index in [2.05, 4.69) is 15.9 Å². The quantitative estimate of drug-likeness (QED) is 0.377. The number of esters is 1. The number of carbonyl (C=O) groups excluding carboxylic acids is 3. The predicted molar refractivity (Wildman–Crippen MR) is 105 cm³/mol. The minimum Gasteiger partial charge on any atom is -0.507 e. The second-order valence-electron chi connectivity index (χ2n) is 6.01. The second kappa shape index (κ2) is 6.94. The van der Waals surface area contributed by atoms with Crippen LogP contribution in [0.25, 0.3) is 0 Å². The van der Waals surface area contributed by atoms with Gasteiger partial charge in [0.2, 0.25) is 0 Å². The highest BCUT2D eigenvalue weighted by molar-refractivity contribution is 9.10. The fraction of sp³-hybridized carbons (Fsp3) is 0. The Balaban J connectivity index is 1.71. The van der Waals surface area contributed by atoms with Gasteiger partial charge in [-0.15, -0.1) is 0 Å². The monoisotopic (exact) mass is 437 g/mol. The van der Waals surface area contributed by atoms with Gasteiger partial charge in [0.25, 0.3) is 11.8 Å². The number of aromatic hydroxyl groups is 1. The van der Waals surface area contributed by atoms with E-state index in [9.17, 15) is 19.5 Å². The average molecular weight is 438 g/mol. The third-order valence-electron chi connectivity index (χ3n) is 4.28. The van der Waals surface area contributed by atoms with Crippen molar-refractivity contribution in [3.8, 4) is 11.5 Å². The van der Waals surface area contributed by atoms with Crippen LogP contribution in [-0.2, 0) is 0 Å². The Bertz CT molecular complexity index is 1110. The molecular weight excluding hydrogens is 426 g/mol. The van der Waals surface area contributed by atoms with Crippen molar-refractivity contribution in [3.63, 3.8) is 0 Å². The van der Waals surface area contributed by atoms with E-state index < -0.39 is 17.8 Å². The Morgan fingerprint density at radius 2 is 1.50 bits per heavy atom. The zero-order valence-electron chi connectivity index (χ0n) is 14.3. The van der Waals surface area contributed by atoms with Crippen molar-refractivity contribution in [2.45, 2.75) is 0 Å². The van der Waals surface area contributed by atoms with Gasteiger partial charge in [0.15, 0.2) is 5.75 Å². The summed E-state index contributed by atoms with van der Waals surface area (Å²) >= 11 is 3.23. The molecule has 0 aromatic heterocycles. The molecule has 1 N–H and O–H groups in total. The van der Waals surface area contributed by atoms with Crippen LogP contribution in [0.2, 0.25) is 0 Å². The molecule has 1 aliphatic heterocycles. The highest BCUT2D eigenvalue weighted by atomic mass is 79.9. The van der Waals surface area contributed by atoms with Crippen LogP contribution in [0.15, 0.2) is 71.2 Å². The Morgan fingerprint density at radius 1 is 0.893 bits per heavy atom. The van der Waals surface area contributed by atoms with Crippen molar-refractivity contribution in [1.82, 2.24) is 0 Å². The van der Waals surface area contributed by atoms with Crippen LogP contribution in [-0.4, -0.2) is 22.9 Å². The highest BCUT2D eigenvalue weighted by Gasteiger charge is 2.38. The molecule has 138 valence electrons. The molecule has 0 spiro atoms. The third-order valence-corrected chi connectivity index (χ3v) is 4.77. The lowest BCUT2D eigenvalue weighted by Crippen LogP contribution is -2.30. The molecule has 28 heavy (non-hydrogen) atoms. The maximum absolute atomic E-state index is 12.7. The van der Waals surface area contributed by atoms with Gasteiger partial charge in [-0.25, -0.2) is 9.69 Å². The van der Waals surface area contributed by atoms with E-state index in [0.717, 1.165) is 4.90 Å². The molecule has 1 aliphatic rings. The van der Waals surface area contributed by atoms with E-state index >= 15 is 0 Å². The summed E-state index contributed by atoms with van der Waals surface area (Å²) in [6, 6.07) is 17.1. The van der Waals surface area contributed by atoms with Gasteiger partial charge in [0.05, 0.1) is 16.8 Å². The van der Waals surface area contributed by atoms with Crippen molar-refractivity contribution in [1.29, 1.82) is 0 Å². The number of halogens is 1. The van der Waals surface area contributed by atoms with E-state index in [-0.39, 0.29) is 22.7 Å². The topological polar surface area (TPSA) is 83.9 Å². The first kappa shape index (κ1) is 17.9. The fourth-order valence-corrected chi connectivity index (χ4v) is 3.32. The second-order valence-corrected chi connectivity index (χ2v) is 6.93. The van der Waals surface area contributed by atoms with Crippen LogP contribution in [0.3, 0.4) is 0 Å². The molecule has 1 heterocycles. The minimum absolute atomic E-state index is 0.0291. The number of anilines is 1. The number of nitrogens with zero attached hydrogens (tertiary/aromatic N) is 1. The summed E-state index contributed by atoms with van der Waals surface area (Å²) in [5.41, 5.74) is 0.680. The number of fused-ring (bicyclic) bond motifs is 1. The summed E-state index contributed by atoms with van der Waals surface area (Å²) < 4.78 is 6.00. The fourth-order valence-electron chi connectivity index (χ4n) is 2.96. The summed E-state index contributed by atoms with van der Waals surface area (Å²) in [4.78, 5) is 39.0. The molecule has 3 aromatic carbocycles. The maximum Gasteiger partial charge on any atom is 0.347 e. The van der Waals surface area contributed by atoms with E-state index in [1.807, 2.05) is 0 Å². The van der Waals surface area contributed by atoms with Crippen molar-refractivity contribution in [2.75, 3.05) is 4.90 Å². The molecule has 2 amide bonds. The number of ether oxygens (including phenoxy) is 1. The molecule has 0 saturated heterocycles. The molecular formula is C21H12BrNO5. The van der Waals surface area contributed by atoms with Crippen molar-refractivity contribution < 1.29 is 24.2 Å². The van der Waals surface area contributed by atoms with Gasteiger partial charge in [-0.2, -0.15) is 0 Å². The van der Waals surface area contributed by atoms with E-state index in [0.29, 0.717) is 15.6 Å². The maximum atomic E-state index is 12.7. The SMILES string of the molecule is O=C(Oc1ccccc1N1C(=O)c2ccccc2C1=O)c1cc(Br)ccc1O. The number of rotatable bonds is 3. The normalized spacial score (nSPS) is 12.8. The molecule has 0 bridgehead atoms. The molecule has 0 unspecified atom stereocenters. The summed E-state index contributed by atoms with van der Waals surface area (Å²) in [7, 11) is 0. The third kappa shape index (κ3) is 2.95. The van der Waals surface area contributed by atoms with Crippen LogP contribution in [0.4, 0.5) is 5.69 Å². The highest BCUT2D eigenvalue weighted by Crippen LogP contribution is 2.35. The van der Waals surface area contributed by atoms with E-state index in [1.165, 1.54) is 24.3 Å². The van der Waals surface area contributed by atoms with Crippen LogP contribution >= 0.6 is 15.9 Å². The molecule has 0 atom stereocenters. The average Bonchev–Trinajstić information content (AvgIpc) is 2.95. The molecule has 7 heteroatoms. The first-order chi connectivity index (χ1) is 13.5. The lowest BCUT2D eigenvalue weighted by Gasteiger charge is -2.17. The zero-order valence-corrected chi connectivity index (χ0v) is 15.8. The zero-order chi connectivity index (χ0) is 19.8. The number of para-hydroxylation sites is 2. The first-order valence-electron chi connectivity index (χ1n) is 8.25. The standard InChI is InChI=1S/C21H12BrNO5/c22-12-9-10-17(24)15(11-12)21(27)28-18-8-4-3-7-16(18)23-19(25)13-5-1-2-6-14(13)20(23)26/h1-11,24H. The van der Waals surface area contributed by atoms with Gasteiger partial charge in [-0.1, -0.05) is 40.2 Å². The van der Waals surface area contributed by atoms with Crippen LogP contribution in [0, 0.1) is 0 Å². The summed E-state index contributed by atoms with van der Waals surface area (Å²) in [5, 5.41) is 9.93. The number of hydrogen-bond acceptors (Lipinski definition) is 5. The molecule has 4 rings (SSSR count). The Labute approximate surface area is 168 Å². The van der Waals surface area contributed by atoms with Crippen LogP contribution in [0.1, 0.15) is 31.1 Å². The van der Waals surface area contributed by atoms with Gasteiger partial charge < -0.3 is 9.84 Å². The number of hydrogen-bond donors (Lipinski definition) is 1. The predicted octanol–water partition coefficient (Wildman–Crippen LogP) is 4.17. The number of benzene rings is 3. The molecule has 0 saturated carbocycles. The van der Waals surface area contributed by atoms with Crippen LogP contribution < -0.4 is 9.64 Å². The molecule has 6 nitrogen and oxygen atoms in total. The first-order valence-corrected chi connectivity index (χ1v) is 9.04. The van der Waals surface area contributed by atoms with Gasteiger partial charge in [0, 0.05) is 4.47 Å². The Kier molecular flexibility index (Phi) is 4.44. The van der Waals surface area contributed by atoms with Gasteiger partial charge in [-0.05, 0) is 42.5 Å². The summed E-state index contributed by atoms with van der Waals surface area (Å²) in [6.45, 7) is 0. The van der Waals surface area contributed by atoms with Gasteiger partial charge >= 0.3 is 5.97 Å². The number of amides is 2. The molecule has 0 fully saturated rings. The van der Waals surface area contributed by atoms with E-state index in [1.54, 1.807) is 42.5 Å². The van der Waals surface area contributed by atoms with E-state index in [4.69, 9.17) is 4.74 Å². The summed E-state index contributed by atoms with van der Waals surface area (Å²) in [5.74, 6) is -2.01. The summed E-state index contributed by atoms with van der Waals surface area (Å²) in [6.07, 6.45) is 0. The van der Waals surface area contributed by atoms with Gasteiger partial charge in [0.1, 0.15) is 11.3 Å². The Morgan fingerprint density at radius 3 is 2.18 bits per heavy atom. The largest absolute Gasteiger partial charge is 0.507 e. The lowest BCUT2D eigenvalue weighted by molar-refractivity contribution is 0.0728. The number of carbonyl (C=O) groups is 3. The van der Waals surface area contributed by atoms with Crippen molar-refractivity contribution in [2.24, 2.45) is 0 Å². The van der Waals surface area contributed by atoms with Crippen LogP contribution in [0.5, 0.6) is 11.5 Å². The number of phenols is 1. The number of imide groups is 1. The van der Waals surface area contributed by atoms with Crippen molar-refractivity contribution >= 4 is 39.4 Å². The van der Waals surface area contributed by atoms with Crippen molar-refractivity contribution in [3.05, 3.63) is 87.9 Å². The lowest BCUT2D eigenvalue weighted by atomic mass is 10.1. The molecule has 0 aliphatic carbocycles. The van der Waals surface area contributed by atoms with Gasteiger partial charge in [-0.3, -0.25) is 9.59 Å². The smallest absolute Gasteiger partial charge is 0.347 e. The number of phenolic OH excluding ortho intramolecular Hbond substituents is 1. The molecule has 0 radical (unpaired) electrons. The Hall–Kier alpha value is -3.45. The minimum atomic E-state index is -0.817. The molecule has 3 aromatic rings.